The average Bonchev–Trinajstić information content (AvgIpc) is 2.65. The SMILES string of the molecule is Cc1ccc(C(=O)N2CCCC(C(=O)N(C)CCC(N)C(C)C)C2)cc1.Cl. The highest BCUT2D eigenvalue weighted by atomic mass is 35.5. The van der Waals surface area contributed by atoms with Crippen LogP contribution in [0.1, 0.15) is 49.0 Å². The fourth-order valence-electron chi connectivity index (χ4n) is 3.34. The number of likely N-dealkylation sites (tertiary alicyclic amines) is 1. The minimum absolute atomic E-state index is 0. The van der Waals surface area contributed by atoms with Gasteiger partial charge in [-0.2, -0.15) is 0 Å². The minimum Gasteiger partial charge on any atom is -0.345 e. The summed E-state index contributed by atoms with van der Waals surface area (Å²) in [4.78, 5) is 29.1. The Labute approximate surface area is 169 Å². The van der Waals surface area contributed by atoms with Gasteiger partial charge in [0.1, 0.15) is 0 Å². The van der Waals surface area contributed by atoms with Crippen molar-refractivity contribution in [2.24, 2.45) is 17.6 Å². The van der Waals surface area contributed by atoms with Crippen molar-refractivity contribution in [1.82, 2.24) is 9.80 Å². The second-order valence-electron chi connectivity index (χ2n) is 7.91. The van der Waals surface area contributed by atoms with Crippen molar-refractivity contribution in [1.29, 1.82) is 0 Å². The molecule has 1 aromatic carbocycles. The average molecular weight is 396 g/mol. The quantitative estimate of drug-likeness (QED) is 0.804. The molecule has 0 saturated carbocycles. The third-order valence-electron chi connectivity index (χ3n) is 5.39. The Morgan fingerprint density at radius 2 is 1.89 bits per heavy atom. The Bertz CT molecular complexity index is 618. The van der Waals surface area contributed by atoms with Crippen LogP contribution in [-0.2, 0) is 4.79 Å². The summed E-state index contributed by atoms with van der Waals surface area (Å²) in [6, 6.07) is 7.73. The van der Waals surface area contributed by atoms with Crippen LogP contribution in [0.3, 0.4) is 0 Å². The van der Waals surface area contributed by atoms with Crippen molar-refractivity contribution in [3.05, 3.63) is 35.4 Å². The number of rotatable bonds is 6. The number of benzene rings is 1. The first-order valence-electron chi connectivity index (χ1n) is 9.66. The van der Waals surface area contributed by atoms with Crippen molar-refractivity contribution in [2.45, 2.75) is 46.1 Å². The van der Waals surface area contributed by atoms with Crippen molar-refractivity contribution < 1.29 is 9.59 Å². The molecule has 1 aromatic rings. The fraction of sp³-hybridized carbons (Fsp3) is 0.619. The molecule has 0 aliphatic carbocycles. The van der Waals surface area contributed by atoms with Crippen LogP contribution in [0.2, 0.25) is 0 Å². The van der Waals surface area contributed by atoms with Crippen LogP contribution in [0.15, 0.2) is 24.3 Å². The van der Waals surface area contributed by atoms with Gasteiger partial charge in [0.2, 0.25) is 5.91 Å². The van der Waals surface area contributed by atoms with Crippen LogP contribution in [0.25, 0.3) is 0 Å². The van der Waals surface area contributed by atoms with Gasteiger partial charge in [-0.3, -0.25) is 9.59 Å². The first kappa shape index (κ1) is 23.4. The van der Waals surface area contributed by atoms with E-state index >= 15 is 0 Å². The lowest BCUT2D eigenvalue weighted by atomic mass is 9.95. The lowest BCUT2D eigenvalue weighted by molar-refractivity contribution is -0.135. The maximum absolute atomic E-state index is 12.8. The Hall–Kier alpha value is -1.59. The predicted molar refractivity (Wildman–Crippen MR) is 112 cm³/mol. The van der Waals surface area contributed by atoms with E-state index in [2.05, 4.69) is 13.8 Å². The summed E-state index contributed by atoms with van der Waals surface area (Å²) in [5.74, 6) is 0.448. The van der Waals surface area contributed by atoms with Crippen LogP contribution in [0, 0.1) is 18.8 Å². The number of hydrogen-bond acceptors (Lipinski definition) is 3. The molecule has 0 radical (unpaired) electrons. The van der Waals surface area contributed by atoms with E-state index in [0.717, 1.165) is 31.4 Å². The molecule has 2 rings (SSSR count). The molecule has 6 heteroatoms. The number of nitrogens with two attached hydrogens (primary N) is 1. The molecule has 27 heavy (non-hydrogen) atoms. The van der Waals surface area contributed by atoms with Gasteiger partial charge < -0.3 is 15.5 Å². The second kappa shape index (κ2) is 10.7. The third kappa shape index (κ3) is 6.51. The smallest absolute Gasteiger partial charge is 0.253 e. The van der Waals surface area contributed by atoms with E-state index < -0.39 is 0 Å². The highest BCUT2D eigenvalue weighted by molar-refractivity contribution is 5.94. The lowest BCUT2D eigenvalue weighted by Gasteiger charge is -2.34. The van der Waals surface area contributed by atoms with E-state index in [-0.39, 0.29) is 36.2 Å². The van der Waals surface area contributed by atoms with Gasteiger partial charge in [-0.15, -0.1) is 12.4 Å². The summed E-state index contributed by atoms with van der Waals surface area (Å²) in [7, 11) is 1.84. The molecule has 1 saturated heterocycles. The normalized spacial score (nSPS) is 18.0. The van der Waals surface area contributed by atoms with Crippen molar-refractivity contribution in [2.75, 3.05) is 26.7 Å². The zero-order valence-electron chi connectivity index (χ0n) is 17.0. The van der Waals surface area contributed by atoms with E-state index in [0.29, 0.717) is 24.6 Å². The molecule has 1 heterocycles. The fourth-order valence-corrected chi connectivity index (χ4v) is 3.34. The number of aryl methyl sites for hydroxylation is 1. The number of amides is 2. The van der Waals surface area contributed by atoms with E-state index in [1.54, 1.807) is 4.90 Å². The summed E-state index contributed by atoms with van der Waals surface area (Å²) in [5.41, 5.74) is 7.92. The first-order chi connectivity index (χ1) is 12.3. The van der Waals surface area contributed by atoms with Crippen LogP contribution >= 0.6 is 12.4 Å². The van der Waals surface area contributed by atoms with Gasteiger partial charge >= 0.3 is 0 Å². The van der Waals surface area contributed by atoms with Crippen LogP contribution in [0.5, 0.6) is 0 Å². The van der Waals surface area contributed by atoms with E-state index in [4.69, 9.17) is 5.73 Å². The van der Waals surface area contributed by atoms with Gasteiger partial charge in [0.25, 0.3) is 5.91 Å². The van der Waals surface area contributed by atoms with Gasteiger partial charge in [0.05, 0.1) is 5.92 Å². The molecule has 0 bridgehead atoms. The first-order valence-corrected chi connectivity index (χ1v) is 9.66. The summed E-state index contributed by atoms with van der Waals surface area (Å²) in [6.45, 7) is 8.10. The molecule has 0 aromatic heterocycles. The summed E-state index contributed by atoms with van der Waals surface area (Å²) >= 11 is 0. The molecule has 5 nitrogen and oxygen atoms in total. The van der Waals surface area contributed by atoms with Gasteiger partial charge in [-0.05, 0) is 44.2 Å². The zero-order valence-corrected chi connectivity index (χ0v) is 17.8. The van der Waals surface area contributed by atoms with E-state index in [1.165, 1.54) is 0 Å². The molecule has 1 fully saturated rings. The van der Waals surface area contributed by atoms with Crippen LogP contribution < -0.4 is 5.73 Å². The Kier molecular flexibility index (Phi) is 9.27. The zero-order chi connectivity index (χ0) is 19.3. The maximum atomic E-state index is 12.8. The highest BCUT2D eigenvalue weighted by Crippen LogP contribution is 2.21. The number of halogens is 1. The molecule has 2 atom stereocenters. The van der Waals surface area contributed by atoms with Gasteiger partial charge in [-0.25, -0.2) is 0 Å². The van der Waals surface area contributed by atoms with Gasteiger partial charge in [0, 0.05) is 38.3 Å². The lowest BCUT2D eigenvalue weighted by Crippen LogP contribution is -2.46. The largest absolute Gasteiger partial charge is 0.345 e. The van der Waals surface area contributed by atoms with Gasteiger partial charge in [0.15, 0.2) is 0 Å². The van der Waals surface area contributed by atoms with Crippen LogP contribution in [-0.4, -0.2) is 54.3 Å². The number of piperidine rings is 1. The van der Waals surface area contributed by atoms with E-state index in [1.807, 2.05) is 43.1 Å². The van der Waals surface area contributed by atoms with Crippen molar-refractivity contribution in [3.8, 4) is 0 Å². The highest BCUT2D eigenvalue weighted by Gasteiger charge is 2.30. The topological polar surface area (TPSA) is 66.6 Å². The van der Waals surface area contributed by atoms with Crippen LogP contribution in [0.4, 0.5) is 0 Å². The van der Waals surface area contributed by atoms with Crippen molar-refractivity contribution in [3.63, 3.8) is 0 Å². The molecular formula is C21H34ClN3O2. The Balaban J connectivity index is 0.00000364. The number of nitrogens with zero attached hydrogens (tertiary/aromatic N) is 2. The maximum Gasteiger partial charge on any atom is 0.253 e. The molecule has 0 spiro atoms. The Morgan fingerprint density at radius 1 is 1.26 bits per heavy atom. The molecule has 2 amide bonds. The number of carbonyl (C=O) groups is 2. The number of hydrogen-bond donors (Lipinski definition) is 1. The summed E-state index contributed by atoms with van der Waals surface area (Å²) < 4.78 is 0. The number of carbonyl (C=O) groups excluding carboxylic acids is 2. The molecule has 1 aliphatic rings. The van der Waals surface area contributed by atoms with E-state index in [9.17, 15) is 9.59 Å². The Morgan fingerprint density at radius 3 is 2.48 bits per heavy atom. The van der Waals surface area contributed by atoms with Crippen molar-refractivity contribution >= 4 is 24.2 Å². The molecule has 2 N–H and O–H groups in total. The predicted octanol–water partition coefficient (Wildman–Crippen LogP) is 3.10. The third-order valence-corrected chi connectivity index (χ3v) is 5.39. The standard InChI is InChI=1S/C21H33N3O2.ClH/c1-15(2)19(22)11-13-23(4)20(25)18-6-5-12-24(14-18)21(26)17-9-7-16(3)8-10-17;/h7-10,15,18-19H,5-6,11-14,22H2,1-4H3;1H. The molecule has 2 unspecified atom stereocenters. The van der Waals surface area contributed by atoms with Gasteiger partial charge in [-0.1, -0.05) is 31.5 Å². The molecule has 152 valence electrons. The summed E-state index contributed by atoms with van der Waals surface area (Å²) in [6.07, 6.45) is 2.52. The minimum atomic E-state index is -0.113. The molecular weight excluding hydrogens is 362 g/mol. The summed E-state index contributed by atoms with van der Waals surface area (Å²) in [5, 5.41) is 0. The molecule has 1 aliphatic heterocycles. The second-order valence-corrected chi connectivity index (χ2v) is 7.91. The monoisotopic (exact) mass is 395 g/mol.